The van der Waals surface area contributed by atoms with Crippen molar-refractivity contribution in [3.05, 3.63) is 0 Å². The smallest absolute Gasteiger partial charge is 0.00913 e. The van der Waals surface area contributed by atoms with Gasteiger partial charge in [-0.2, -0.15) is 0 Å². The molecule has 0 aliphatic carbocycles. The third-order valence-electron chi connectivity index (χ3n) is 2.70. The fourth-order valence-corrected chi connectivity index (χ4v) is 1.77. The molecule has 2 nitrogen and oxygen atoms in total. The first-order chi connectivity index (χ1) is 5.22. The minimum Gasteiger partial charge on any atom is -0.327 e. The molecule has 1 rings (SSSR count). The molecule has 0 amide bonds. The van der Waals surface area contributed by atoms with E-state index in [0.717, 1.165) is 19.0 Å². The van der Waals surface area contributed by atoms with Crippen LogP contribution in [-0.2, 0) is 0 Å². The molecule has 0 aromatic rings. The van der Waals surface area contributed by atoms with Crippen LogP contribution >= 0.6 is 0 Å². The minimum atomic E-state index is 0.414. The molecule has 66 valence electrons. The molecule has 2 heteroatoms. The van der Waals surface area contributed by atoms with Gasteiger partial charge in [-0.1, -0.05) is 13.8 Å². The van der Waals surface area contributed by atoms with E-state index in [1.54, 1.807) is 0 Å². The van der Waals surface area contributed by atoms with E-state index in [9.17, 15) is 0 Å². The lowest BCUT2D eigenvalue weighted by Gasteiger charge is -2.30. The van der Waals surface area contributed by atoms with Gasteiger partial charge in [-0.05, 0) is 37.8 Å². The highest BCUT2D eigenvalue weighted by atomic mass is 14.9. The standard InChI is InChI=1S/C9H20N2/c1-7(2)9(10)8-3-5-11-6-4-8/h7-9,11H,3-6,10H2,1-2H3. The Kier molecular flexibility index (Phi) is 3.34. The molecule has 0 aromatic heterocycles. The predicted octanol–water partition coefficient (Wildman–Crippen LogP) is 0.969. The van der Waals surface area contributed by atoms with Crippen LogP contribution in [0.25, 0.3) is 0 Å². The second-order valence-corrected chi connectivity index (χ2v) is 3.91. The topological polar surface area (TPSA) is 38.0 Å². The second kappa shape index (κ2) is 4.07. The van der Waals surface area contributed by atoms with Crippen LogP contribution in [0.3, 0.4) is 0 Å². The Morgan fingerprint density at radius 1 is 1.27 bits per heavy atom. The third-order valence-corrected chi connectivity index (χ3v) is 2.70. The Hall–Kier alpha value is -0.0800. The second-order valence-electron chi connectivity index (χ2n) is 3.91. The van der Waals surface area contributed by atoms with Crippen molar-refractivity contribution in [3.8, 4) is 0 Å². The minimum absolute atomic E-state index is 0.414. The summed E-state index contributed by atoms with van der Waals surface area (Å²) in [6.07, 6.45) is 2.53. The van der Waals surface area contributed by atoms with Gasteiger partial charge < -0.3 is 11.1 Å². The number of nitrogens with one attached hydrogen (secondary N) is 1. The molecule has 1 saturated heterocycles. The van der Waals surface area contributed by atoms with Crippen molar-refractivity contribution in [2.45, 2.75) is 32.7 Å². The van der Waals surface area contributed by atoms with Crippen molar-refractivity contribution in [2.75, 3.05) is 13.1 Å². The maximum absolute atomic E-state index is 6.06. The van der Waals surface area contributed by atoms with Gasteiger partial charge in [-0.3, -0.25) is 0 Å². The Balaban J connectivity index is 2.32. The maximum Gasteiger partial charge on any atom is 0.00913 e. The third kappa shape index (κ3) is 2.46. The van der Waals surface area contributed by atoms with Gasteiger partial charge in [0.2, 0.25) is 0 Å². The molecular weight excluding hydrogens is 136 g/mol. The first kappa shape index (κ1) is 9.01. The average molecular weight is 156 g/mol. The zero-order valence-corrected chi connectivity index (χ0v) is 7.64. The Morgan fingerprint density at radius 3 is 2.27 bits per heavy atom. The molecule has 0 spiro atoms. The van der Waals surface area contributed by atoms with Crippen LogP contribution in [0.5, 0.6) is 0 Å². The summed E-state index contributed by atoms with van der Waals surface area (Å²) in [6, 6.07) is 0.414. The van der Waals surface area contributed by atoms with E-state index in [1.807, 2.05) is 0 Å². The molecule has 1 heterocycles. The van der Waals surface area contributed by atoms with Crippen molar-refractivity contribution in [1.29, 1.82) is 0 Å². The molecule has 1 aliphatic rings. The summed E-state index contributed by atoms with van der Waals surface area (Å²) >= 11 is 0. The summed E-state index contributed by atoms with van der Waals surface area (Å²) in [5.74, 6) is 1.40. The molecule has 3 N–H and O–H groups in total. The number of rotatable bonds is 2. The lowest BCUT2D eigenvalue weighted by molar-refractivity contribution is 0.273. The van der Waals surface area contributed by atoms with Gasteiger partial charge in [-0.15, -0.1) is 0 Å². The fourth-order valence-electron chi connectivity index (χ4n) is 1.77. The first-order valence-corrected chi connectivity index (χ1v) is 4.68. The van der Waals surface area contributed by atoms with E-state index in [1.165, 1.54) is 12.8 Å². The molecule has 1 aliphatic heterocycles. The van der Waals surface area contributed by atoms with Crippen LogP contribution in [0.15, 0.2) is 0 Å². The fraction of sp³-hybridized carbons (Fsp3) is 1.00. The van der Waals surface area contributed by atoms with E-state index in [2.05, 4.69) is 19.2 Å². The summed E-state index contributed by atoms with van der Waals surface area (Å²) in [5.41, 5.74) is 6.06. The molecule has 0 bridgehead atoms. The van der Waals surface area contributed by atoms with Crippen LogP contribution in [0, 0.1) is 11.8 Å². The number of piperidine rings is 1. The van der Waals surface area contributed by atoms with E-state index >= 15 is 0 Å². The van der Waals surface area contributed by atoms with Crippen LogP contribution < -0.4 is 11.1 Å². The van der Waals surface area contributed by atoms with Gasteiger partial charge in [0.15, 0.2) is 0 Å². The number of hydrogen-bond acceptors (Lipinski definition) is 2. The molecule has 11 heavy (non-hydrogen) atoms. The zero-order valence-electron chi connectivity index (χ0n) is 7.64. The predicted molar refractivity (Wildman–Crippen MR) is 48.4 cm³/mol. The first-order valence-electron chi connectivity index (χ1n) is 4.68. The molecule has 0 saturated carbocycles. The van der Waals surface area contributed by atoms with Gasteiger partial charge in [0.1, 0.15) is 0 Å². The van der Waals surface area contributed by atoms with Gasteiger partial charge in [0.05, 0.1) is 0 Å². The van der Waals surface area contributed by atoms with Crippen LogP contribution in [0.1, 0.15) is 26.7 Å². The largest absolute Gasteiger partial charge is 0.327 e. The lowest BCUT2D eigenvalue weighted by Crippen LogP contribution is -2.41. The van der Waals surface area contributed by atoms with E-state index < -0.39 is 0 Å². The highest BCUT2D eigenvalue weighted by molar-refractivity contribution is 4.79. The molecule has 0 aromatic carbocycles. The Labute approximate surface area is 69.5 Å². The van der Waals surface area contributed by atoms with Crippen molar-refractivity contribution < 1.29 is 0 Å². The highest BCUT2D eigenvalue weighted by Crippen LogP contribution is 2.19. The SMILES string of the molecule is CC(C)C(N)C1CCNCC1. The molecular formula is C9H20N2. The molecule has 0 radical (unpaired) electrons. The molecule has 1 atom stereocenters. The number of nitrogens with two attached hydrogens (primary N) is 1. The van der Waals surface area contributed by atoms with Gasteiger partial charge in [0.25, 0.3) is 0 Å². The quantitative estimate of drug-likeness (QED) is 0.625. The van der Waals surface area contributed by atoms with Crippen molar-refractivity contribution in [1.82, 2.24) is 5.32 Å². The summed E-state index contributed by atoms with van der Waals surface area (Å²) < 4.78 is 0. The average Bonchev–Trinajstić information content (AvgIpc) is 2.05. The van der Waals surface area contributed by atoms with Gasteiger partial charge in [-0.25, -0.2) is 0 Å². The van der Waals surface area contributed by atoms with Gasteiger partial charge in [0, 0.05) is 6.04 Å². The van der Waals surface area contributed by atoms with Crippen LogP contribution in [0.4, 0.5) is 0 Å². The number of hydrogen-bond donors (Lipinski definition) is 2. The Bertz CT molecular complexity index is 106. The zero-order chi connectivity index (χ0) is 8.27. The van der Waals surface area contributed by atoms with E-state index in [-0.39, 0.29) is 0 Å². The molecule has 1 unspecified atom stereocenters. The van der Waals surface area contributed by atoms with Crippen LogP contribution in [-0.4, -0.2) is 19.1 Å². The lowest BCUT2D eigenvalue weighted by atomic mass is 9.85. The van der Waals surface area contributed by atoms with Crippen molar-refractivity contribution >= 4 is 0 Å². The van der Waals surface area contributed by atoms with E-state index in [4.69, 9.17) is 5.73 Å². The maximum atomic E-state index is 6.06. The summed E-state index contributed by atoms with van der Waals surface area (Å²) in [7, 11) is 0. The highest BCUT2D eigenvalue weighted by Gasteiger charge is 2.21. The van der Waals surface area contributed by atoms with Gasteiger partial charge >= 0.3 is 0 Å². The van der Waals surface area contributed by atoms with Crippen molar-refractivity contribution in [2.24, 2.45) is 17.6 Å². The summed E-state index contributed by atoms with van der Waals surface area (Å²) in [5, 5.41) is 3.35. The van der Waals surface area contributed by atoms with Crippen LogP contribution in [0.2, 0.25) is 0 Å². The van der Waals surface area contributed by atoms with E-state index in [0.29, 0.717) is 12.0 Å². The monoisotopic (exact) mass is 156 g/mol. The summed E-state index contributed by atoms with van der Waals surface area (Å²) in [6.45, 7) is 6.75. The Morgan fingerprint density at radius 2 is 1.82 bits per heavy atom. The molecule has 1 fully saturated rings. The normalized spacial score (nSPS) is 24.0. The van der Waals surface area contributed by atoms with Crippen molar-refractivity contribution in [3.63, 3.8) is 0 Å². The summed E-state index contributed by atoms with van der Waals surface area (Å²) in [4.78, 5) is 0.